The van der Waals surface area contributed by atoms with Gasteiger partial charge in [-0.1, -0.05) is 176 Å². The minimum Gasteiger partial charge on any atom is -0.208 e. The maximum Gasteiger partial charge on any atom is 0.165 e. The van der Waals surface area contributed by atoms with Crippen molar-refractivity contribution in [1.29, 1.82) is 0 Å². The second-order valence-electron chi connectivity index (χ2n) is 15.1. The number of hydrogen-bond acceptors (Lipinski definition) is 4. The molecule has 0 unspecified atom stereocenters. The molecule has 4 heteroatoms. The Morgan fingerprint density at radius 1 is 0.271 bits per heavy atom. The van der Waals surface area contributed by atoms with Gasteiger partial charge < -0.3 is 0 Å². The van der Waals surface area contributed by atoms with E-state index in [1.54, 1.807) is 11.3 Å². The molecule has 0 amide bonds. The van der Waals surface area contributed by atoms with E-state index in [9.17, 15) is 0 Å². The first kappa shape index (κ1) is 33.6. The predicted octanol–water partition coefficient (Wildman–Crippen LogP) is 15.2. The molecular formula is C55H33N3S. The van der Waals surface area contributed by atoms with Gasteiger partial charge in [-0.15, -0.1) is 11.3 Å². The second kappa shape index (κ2) is 13.6. The number of rotatable bonds is 5. The first-order valence-electron chi connectivity index (χ1n) is 19.9. The van der Waals surface area contributed by atoms with Crippen molar-refractivity contribution < 1.29 is 0 Å². The van der Waals surface area contributed by atoms with Crippen LogP contribution in [0.3, 0.4) is 0 Å². The fourth-order valence-corrected chi connectivity index (χ4v) is 10.1. The molecule has 274 valence electrons. The fourth-order valence-electron chi connectivity index (χ4n) is 8.88. The molecule has 12 rings (SSSR count). The van der Waals surface area contributed by atoms with Crippen molar-refractivity contribution in [2.45, 2.75) is 0 Å². The van der Waals surface area contributed by atoms with Crippen molar-refractivity contribution >= 4 is 74.6 Å². The van der Waals surface area contributed by atoms with E-state index in [1.165, 1.54) is 63.8 Å². The van der Waals surface area contributed by atoms with Crippen LogP contribution in [0.25, 0.3) is 120 Å². The molecule has 3 nitrogen and oxygen atoms in total. The molecule has 0 fully saturated rings. The molecule has 10 aromatic carbocycles. The van der Waals surface area contributed by atoms with Gasteiger partial charge in [-0.2, -0.15) is 0 Å². The lowest BCUT2D eigenvalue weighted by Crippen LogP contribution is -2.01. The average Bonchev–Trinajstić information content (AvgIpc) is 3.70. The Kier molecular flexibility index (Phi) is 7.72. The Hall–Kier alpha value is -7.53. The van der Waals surface area contributed by atoms with Gasteiger partial charge in [-0.25, -0.2) is 15.0 Å². The highest BCUT2D eigenvalue weighted by Crippen LogP contribution is 2.42. The van der Waals surface area contributed by atoms with E-state index in [4.69, 9.17) is 15.0 Å². The van der Waals surface area contributed by atoms with Crippen LogP contribution in [-0.2, 0) is 0 Å². The van der Waals surface area contributed by atoms with Gasteiger partial charge >= 0.3 is 0 Å². The summed E-state index contributed by atoms with van der Waals surface area (Å²) in [5.41, 5.74) is 7.70. The number of benzene rings is 10. The summed E-state index contributed by atoms with van der Waals surface area (Å²) in [4.78, 5) is 15.9. The Morgan fingerprint density at radius 2 is 0.780 bits per heavy atom. The molecule has 0 atom stereocenters. The molecule has 0 spiro atoms. The minimum absolute atomic E-state index is 0.642. The lowest BCUT2D eigenvalue weighted by molar-refractivity contribution is 1.08. The quantitative estimate of drug-likeness (QED) is 0.164. The van der Waals surface area contributed by atoms with Crippen molar-refractivity contribution in [2.24, 2.45) is 0 Å². The maximum absolute atomic E-state index is 5.36. The lowest BCUT2D eigenvalue weighted by Gasteiger charge is -2.14. The van der Waals surface area contributed by atoms with Gasteiger partial charge in [-0.05, 0) is 89.6 Å². The molecule has 2 aromatic heterocycles. The molecule has 0 bridgehead atoms. The van der Waals surface area contributed by atoms with Crippen LogP contribution in [0.2, 0.25) is 0 Å². The smallest absolute Gasteiger partial charge is 0.165 e. The van der Waals surface area contributed by atoms with Crippen molar-refractivity contribution in [3.05, 3.63) is 200 Å². The summed E-state index contributed by atoms with van der Waals surface area (Å²) >= 11 is 1.79. The van der Waals surface area contributed by atoms with Gasteiger partial charge in [-0.3, -0.25) is 0 Å². The molecule has 0 N–H and O–H groups in total. The summed E-state index contributed by atoms with van der Waals surface area (Å²) in [5, 5.41) is 12.0. The van der Waals surface area contributed by atoms with Crippen molar-refractivity contribution in [2.75, 3.05) is 0 Å². The SMILES string of the molecule is c1ccc2c(-c3ccc(-c4nc(-c5cc6ccc(-c7cccc8ccccc78)cc6c6ccccc56)nc(-c5cccc6c5sc5ccccc56)n4)cc3)cccc2c1. The Morgan fingerprint density at radius 3 is 1.53 bits per heavy atom. The van der Waals surface area contributed by atoms with E-state index in [0.717, 1.165) is 38.4 Å². The molecule has 0 aliphatic rings. The number of thiophene rings is 1. The van der Waals surface area contributed by atoms with Crippen LogP contribution in [-0.4, -0.2) is 15.0 Å². The number of aromatic nitrogens is 3. The van der Waals surface area contributed by atoms with Crippen molar-refractivity contribution in [1.82, 2.24) is 15.0 Å². The highest BCUT2D eigenvalue weighted by molar-refractivity contribution is 7.26. The van der Waals surface area contributed by atoms with E-state index < -0.39 is 0 Å². The van der Waals surface area contributed by atoms with Gasteiger partial charge in [0.1, 0.15) is 0 Å². The summed E-state index contributed by atoms with van der Waals surface area (Å²) in [5.74, 6) is 1.95. The first-order chi connectivity index (χ1) is 29.2. The molecule has 0 saturated carbocycles. The van der Waals surface area contributed by atoms with Crippen LogP contribution >= 0.6 is 11.3 Å². The van der Waals surface area contributed by atoms with Gasteiger partial charge in [0.15, 0.2) is 17.5 Å². The van der Waals surface area contributed by atoms with Crippen LogP contribution in [0.15, 0.2) is 200 Å². The fraction of sp³-hybridized carbons (Fsp3) is 0. The molecule has 12 aromatic rings. The highest BCUT2D eigenvalue weighted by Gasteiger charge is 2.19. The normalized spacial score (nSPS) is 11.7. The zero-order valence-electron chi connectivity index (χ0n) is 31.8. The molecule has 0 saturated heterocycles. The molecule has 0 radical (unpaired) electrons. The third kappa shape index (κ3) is 5.60. The summed E-state index contributed by atoms with van der Waals surface area (Å²) in [6, 6.07) is 71.7. The molecule has 0 aliphatic carbocycles. The van der Waals surface area contributed by atoms with E-state index in [1.807, 2.05) is 0 Å². The van der Waals surface area contributed by atoms with E-state index in [0.29, 0.717) is 17.5 Å². The average molecular weight is 768 g/mol. The van der Waals surface area contributed by atoms with Gasteiger partial charge in [0.25, 0.3) is 0 Å². The zero-order valence-corrected chi connectivity index (χ0v) is 32.6. The summed E-state index contributed by atoms with van der Waals surface area (Å²) in [7, 11) is 0. The van der Waals surface area contributed by atoms with Crippen LogP contribution in [0.4, 0.5) is 0 Å². The van der Waals surface area contributed by atoms with E-state index in [-0.39, 0.29) is 0 Å². The molecule has 59 heavy (non-hydrogen) atoms. The van der Waals surface area contributed by atoms with Crippen LogP contribution < -0.4 is 0 Å². The van der Waals surface area contributed by atoms with E-state index in [2.05, 4.69) is 200 Å². The molecule has 0 aliphatic heterocycles. The van der Waals surface area contributed by atoms with Gasteiger partial charge in [0.2, 0.25) is 0 Å². The van der Waals surface area contributed by atoms with Crippen molar-refractivity contribution in [3.8, 4) is 56.4 Å². The van der Waals surface area contributed by atoms with Gasteiger partial charge in [0, 0.05) is 36.9 Å². The third-order valence-electron chi connectivity index (χ3n) is 11.7. The lowest BCUT2D eigenvalue weighted by atomic mass is 9.92. The summed E-state index contributed by atoms with van der Waals surface area (Å²) < 4.78 is 2.42. The highest BCUT2D eigenvalue weighted by atomic mass is 32.1. The topological polar surface area (TPSA) is 38.7 Å². The van der Waals surface area contributed by atoms with Gasteiger partial charge in [0.05, 0.1) is 0 Å². The van der Waals surface area contributed by atoms with Crippen LogP contribution in [0, 0.1) is 0 Å². The molecule has 2 heterocycles. The Labute approximate surface area is 344 Å². The number of nitrogens with zero attached hydrogens (tertiary/aromatic N) is 3. The van der Waals surface area contributed by atoms with Crippen molar-refractivity contribution in [3.63, 3.8) is 0 Å². The molecular weight excluding hydrogens is 735 g/mol. The minimum atomic E-state index is 0.642. The zero-order chi connectivity index (χ0) is 38.9. The van der Waals surface area contributed by atoms with Crippen LogP contribution in [0.5, 0.6) is 0 Å². The van der Waals surface area contributed by atoms with E-state index >= 15 is 0 Å². The van der Waals surface area contributed by atoms with Crippen LogP contribution in [0.1, 0.15) is 0 Å². The summed E-state index contributed by atoms with van der Waals surface area (Å²) in [6.07, 6.45) is 0. The standard InChI is InChI=1S/C55H33N3S/c1-3-16-40-34(12-1)14-9-21-42(40)36-26-28-37(29-27-36)53-56-54(48-24-11-23-47-46-20-7-8-25-51(46)59-52(47)48)58-55(57-53)50-33-39-31-30-38(32-49(39)44-18-5-6-19-45(44)50)43-22-10-15-35-13-2-4-17-41(35)43/h1-33H. The largest absolute Gasteiger partial charge is 0.208 e. The third-order valence-corrected chi connectivity index (χ3v) is 12.9. The Bertz CT molecular complexity index is 3610. The monoisotopic (exact) mass is 767 g/mol. The first-order valence-corrected chi connectivity index (χ1v) is 20.7. The summed E-state index contributed by atoms with van der Waals surface area (Å²) in [6.45, 7) is 0. The second-order valence-corrected chi connectivity index (χ2v) is 16.2. The predicted molar refractivity (Wildman–Crippen MR) is 250 cm³/mol. The maximum atomic E-state index is 5.36. The number of hydrogen-bond donors (Lipinski definition) is 0. The Balaban J connectivity index is 1.06. The number of fused-ring (bicyclic) bond motifs is 8.